The van der Waals surface area contributed by atoms with E-state index in [4.69, 9.17) is 4.74 Å². The molecule has 3 nitrogen and oxygen atoms in total. The van der Waals surface area contributed by atoms with Gasteiger partial charge in [0.15, 0.2) is 0 Å². The van der Waals surface area contributed by atoms with E-state index in [1.807, 2.05) is 12.1 Å². The topological polar surface area (TPSA) is 24.5 Å². The van der Waals surface area contributed by atoms with Gasteiger partial charge < -0.3 is 10.1 Å². The molecular weight excluding hydrogens is 267 g/mol. The summed E-state index contributed by atoms with van der Waals surface area (Å²) in [5.74, 6) is -0.172. The van der Waals surface area contributed by atoms with Gasteiger partial charge in [-0.2, -0.15) is 0 Å². The van der Waals surface area contributed by atoms with E-state index in [2.05, 4.69) is 10.2 Å². The average molecular weight is 290 g/mol. The first-order chi connectivity index (χ1) is 10.3. The van der Waals surface area contributed by atoms with Gasteiger partial charge in [-0.05, 0) is 43.6 Å². The Labute approximate surface area is 125 Å². The fourth-order valence-electron chi connectivity index (χ4n) is 4.33. The standard InChI is InChI=1S/C17H23FN2O/c18-14-6-4-13(5-7-14)16-15-3-1-2-12-20(15)17(21-16)8-10-19-11-9-17/h4-7,15-16,19H,1-3,8-12H2. The first-order valence-electron chi connectivity index (χ1n) is 8.19. The highest BCUT2D eigenvalue weighted by Gasteiger charge is 2.53. The first kappa shape index (κ1) is 13.7. The highest BCUT2D eigenvalue weighted by molar-refractivity contribution is 5.23. The second-order valence-corrected chi connectivity index (χ2v) is 6.54. The van der Waals surface area contributed by atoms with E-state index < -0.39 is 0 Å². The number of halogens is 1. The van der Waals surface area contributed by atoms with Crippen molar-refractivity contribution in [3.05, 3.63) is 35.6 Å². The van der Waals surface area contributed by atoms with Crippen LogP contribution in [-0.4, -0.2) is 36.3 Å². The van der Waals surface area contributed by atoms with Crippen LogP contribution in [0.15, 0.2) is 24.3 Å². The van der Waals surface area contributed by atoms with Crippen molar-refractivity contribution in [1.82, 2.24) is 10.2 Å². The van der Waals surface area contributed by atoms with Gasteiger partial charge in [-0.1, -0.05) is 18.6 Å². The predicted octanol–water partition coefficient (Wildman–Crippen LogP) is 2.83. The molecule has 0 radical (unpaired) electrons. The summed E-state index contributed by atoms with van der Waals surface area (Å²) in [7, 11) is 0. The van der Waals surface area contributed by atoms with Crippen molar-refractivity contribution in [2.45, 2.75) is 50.0 Å². The zero-order chi connectivity index (χ0) is 14.3. The van der Waals surface area contributed by atoms with Crippen LogP contribution in [0.2, 0.25) is 0 Å². The third-order valence-corrected chi connectivity index (χ3v) is 5.35. The number of piperidine rings is 2. The summed E-state index contributed by atoms with van der Waals surface area (Å²) >= 11 is 0. The van der Waals surface area contributed by atoms with Crippen molar-refractivity contribution in [3.8, 4) is 0 Å². The normalized spacial score (nSPS) is 32.2. The number of nitrogens with one attached hydrogen (secondary N) is 1. The van der Waals surface area contributed by atoms with Gasteiger partial charge >= 0.3 is 0 Å². The zero-order valence-corrected chi connectivity index (χ0v) is 12.4. The van der Waals surface area contributed by atoms with Gasteiger partial charge in [0.2, 0.25) is 0 Å². The van der Waals surface area contributed by atoms with E-state index in [-0.39, 0.29) is 17.6 Å². The van der Waals surface area contributed by atoms with Gasteiger partial charge in [0.25, 0.3) is 0 Å². The summed E-state index contributed by atoms with van der Waals surface area (Å²) in [5.41, 5.74) is 1.04. The minimum atomic E-state index is -0.172. The molecule has 3 saturated heterocycles. The van der Waals surface area contributed by atoms with Crippen LogP contribution in [0.4, 0.5) is 4.39 Å². The van der Waals surface area contributed by atoms with Crippen LogP contribution in [-0.2, 0) is 4.74 Å². The van der Waals surface area contributed by atoms with Crippen molar-refractivity contribution < 1.29 is 9.13 Å². The molecule has 1 spiro atoms. The maximum atomic E-state index is 13.2. The Balaban J connectivity index is 1.66. The molecule has 0 aromatic heterocycles. The quantitative estimate of drug-likeness (QED) is 0.861. The van der Waals surface area contributed by atoms with Crippen LogP contribution in [0.5, 0.6) is 0 Å². The number of benzene rings is 1. The second-order valence-electron chi connectivity index (χ2n) is 6.54. The Hall–Kier alpha value is -0.970. The van der Waals surface area contributed by atoms with Gasteiger partial charge in [-0.25, -0.2) is 4.39 Å². The van der Waals surface area contributed by atoms with Crippen LogP contribution < -0.4 is 5.32 Å². The van der Waals surface area contributed by atoms with Crippen molar-refractivity contribution >= 4 is 0 Å². The monoisotopic (exact) mass is 290 g/mol. The largest absolute Gasteiger partial charge is 0.351 e. The van der Waals surface area contributed by atoms with Crippen LogP contribution in [0.25, 0.3) is 0 Å². The molecule has 2 unspecified atom stereocenters. The number of fused-ring (bicyclic) bond motifs is 2. The Morgan fingerprint density at radius 2 is 1.90 bits per heavy atom. The maximum Gasteiger partial charge on any atom is 0.125 e. The van der Waals surface area contributed by atoms with Crippen molar-refractivity contribution in [2.24, 2.45) is 0 Å². The lowest BCUT2D eigenvalue weighted by Crippen LogP contribution is -2.55. The van der Waals surface area contributed by atoms with E-state index >= 15 is 0 Å². The molecule has 4 heteroatoms. The number of hydrogen-bond acceptors (Lipinski definition) is 3. The molecule has 0 aliphatic carbocycles. The lowest BCUT2D eigenvalue weighted by molar-refractivity contribution is -0.126. The molecule has 0 saturated carbocycles. The minimum absolute atomic E-state index is 0.0879. The van der Waals surface area contributed by atoms with Gasteiger partial charge in [0.05, 0.1) is 0 Å². The molecule has 21 heavy (non-hydrogen) atoms. The minimum Gasteiger partial charge on any atom is -0.351 e. The molecule has 1 N–H and O–H groups in total. The average Bonchev–Trinajstić information content (AvgIpc) is 2.84. The summed E-state index contributed by atoms with van der Waals surface area (Å²) < 4.78 is 19.8. The first-order valence-corrected chi connectivity index (χ1v) is 8.19. The molecule has 1 aromatic rings. The highest BCUT2D eigenvalue weighted by atomic mass is 19.1. The number of nitrogens with zero attached hydrogens (tertiary/aromatic N) is 1. The highest BCUT2D eigenvalue weighted by Crippen LogP contribution is 2.48. The fraction of sp³-hybridized carbons (Fsp3) is 0.647. The molecule has 3 aliphatic heterocycles. The lowest BCUT2D eigenvalue weighted by atomic mass is 9.91. The molecule has 3 fully saturated rings. The predicted molar refractivity (Wildman–Crippen MR) is 79.4 cm³/mol. The zero-order valence-electron chi connectivity index (χ0n) is 12.4. The molecule has 3 aliphatic rings. The maximum absolute atomic E-state index is 13.2. The van der Waals surface area contributed by atoms with Crippen LogP contribution >= 0.6 is 0 Å². The Bertz CT molecular complexity index is 498. The van der Waals surface area contributed by atoms with E-state index in [1.165, 1.54) is 19.3 Å². The fourth-order valence-corrected chi connectivity index (χ4v) is 4.33. The molecule has 4 rings (SSSR count). The van der Waals surface area contributed by atoms with E-state index in [1.54, 1.807) is 12.1 Å². The molecule has 3 heterocycles. The van der Waals surface area contributed by atoms with Gasteiger partial charge in [0, 0.05) is 25.4 Å². The number of hydrogen-bond donors (Lipinski definition) is 1. The van der Waals surface area contributed by atoms with Crippen molar-refractivity contribution in [2.75, 3.05) is 19.6 Å². The van der Waals surface area contributed by atoms with E-state index in [0.29, 0.717) is 6.04 Å². The summed E-state index contributed by atoms with van der Waals surface area (Å²) in [6, 6.07) is 7.36. The Morgan fingerprint density at radius 1 is 1.14 bits per heavy atom. The molecule has 114 valence electrons. The molecule has 0 bridgehead atoms. The van der Waals surface area contributed by atoms with E-state index in [9.17, 15) is 4.39 Å². The lowest BCUT2D eigenvalue weighted by Gasteiger charge is -2.43. The van der Waals surface area contributed by atoms with E-state index in [0.717, 1.165) is 38.0 Å². The smallest absolute Gasteiger partial charge is 0.125 e. The third kappa shape index (κ3) is 2.30. The Kier molecular flexibility index (Phi) is 3.48. The second kappa shape index (κ2) is 5.34. The van der Waals surface area contributed by atoms with Gasteiger partial charge in [-0.3, -0.25) is 4.90 Å². The summed E-state index contributed by atoms with van der Waals surface area (Å²) in [4.78, 5) is 2.62. The molecule has 1 aromatic carbocycles. The number of rotatable bonds is 1. The summed E-state index contributed by atoms with van der Waals surface area (Å²) in [6.07, 6.45) is 5.95. The van der Waals surface area contributed by atoms with Crippen molar-refractivity contribution in [3.63, 3.8) is 0 Å². The van der Waals surface area contributed by atoms with Gasteiger partial charge in [-0.15, -0.1) is 0 Å². The Morgan fingerprint density at radius 3 is 2.67 bits per heavy atom. The molecular formula is C17H23FN2O. The van der Waals surface area contributed by atoms with Crippen molar-refractivity contribution in [1.29, 1.82) is 0 Å². The van der Waals surface area contributed by atoms with Gasteiger partial charge in [0.1, 0.15) is 17.6 Å². The molecule has 0 amide bonds. The van der Waals surface area contributed by atoms with Crippen LogP contribution in [0.1, 0.15) is 43.8 Å². The molecule has 2 atom stereocenters. The summed E-state index contributed by atoms with van der Waals surface area (Å²) in [6.45, 7) is 3.20. The van der Waals surface area contributed by atoms with Crippen LogP contribution in [0.3, 0.4) is 0 Å². The number of ether oxygens (including phenoxy) is 1. The SMILES string of the molecule is Fc1ccc(C2OC3(CCNCC3)N3CCCCC23)cc1. The third-order valence-electron chi connectivity index (χ3n) is 5.35. The van der Waals surface area contributed by atoms with Crippen LogP contribution in [0, 0.1) is 5.82 Å². The summed E-state index contributed by atoms with van der Waals surface area (Å²) in [5, 5.41) is 3.44.